The van der Waals surface area contributed by atoms with Gasteiger partial charge in [-0.15, -0.1) is 0 Å². The molecule has 116 valence electrons. The summed E-state index contributed by atoms with van der Waals surface area (Å²) in [4.78, 5) is 15.9. The van der Waals surface area contributed by atoms with E-state index in [0.717, 1.165) is 17.9 Å². The summed E-state index contributed by atoms with van der Waals surface area (Å²) in [6, 6.07) is 5.99. The maximum Gasteiger partial charge on any atom is 0.244 e. The maximum absolute atomic E-state index is 12.8. The number of aromatic nitrogens is 2. The Morgan fingerprint density at radius 3 is 2.77 bits per heavy atom. The Morgan fingerprint density at radius 1 is 1.41 bits per heavy atom. The third-order valence-corrected chi connectivity index (χ3v) is 3.35. The summed E-state index contributed by atoms with van der Waals surface area (Å²) in [6.45, 7) is 5.43. The van der Waals surface area contributed by atoms with E-state index < -0.39 is 0 Å². The van der Waals surface area contributed by atoms with Crippen LogP contribution in [0.5, 0.6) is 0 Å². The van der Waals surface area contributed by atoms with E-state index in [4.69, 9.17) is 0 Å². The molecule has 1 N–H and O–H groups in total. The van der Waals surface area contributed by atoms with Crippen molar-refractivity contribution >= 4 is 12.0 Å². The summed E-state index contributed by atoms with van der Waals surface area (Å²) in [5, 5.41) is 2.86. The van der Waals surface area contributed by atoms with Crippen LogP contribution in [0.3, 0.4) is 0 Å². The monoisotopic (exact) mass is 301 g/mol. The number of carbonyl (C=O) groups excluding carboxylic acids is 1. The molecular weight excluding hydrogens is 281 g/mol. The van der Waals surface area contributed by atoms with Crippen molar-refractivity contribution < 1.29 is 9.18 Å². The second-order valence-corrected chi connectivity index (χ2v) is 5.36. The molecule has 1 unspecified atom stereocenters. The molecule has 4 nitrogen and oxygen atoms in total. The van der Waals surface area contributed by atoms with E-state index in [1.807, 2.05) is 13.1 Å². The number of hydrogen-bond donors (Lipinski definition) is 1. The SMILES string of the molecule is Cc1nccn1CC(C)CNC(=O)C=Cc1ccc(F)cc1. The zero-order valence-corrected chi connectivity index (χ0v) is 12.8. The number of halogens is 1. The van der Waals surface area contributed by atoms with Crippen LogP contribution in [0.25, 0.3) is 6.08 Å². The van der Waals surface area contributed by atoms with Gasteiger partial charge in [-0.05, 0) is 36.6 Å². The van der Waals surface area contributed by atoms with Crippen molar-refractivity contribution in [2.24, 2.45) is 5.92 Å². The van der Waals surface area contributed by atoms with E-state index in [1.165, 1.54) is 18.2 Å². The summed E-state index contributed by atoms with van der Waals surface area (Å²) < 4.78 is 14.8. The normalized spacial score (nSPS) is 12.5. The number of hydrogen-bond acceptors (Lipinski definition) is 2. The largest absolute Gasteiger partial charge is 0.352 e. The molecule has 22 heavy (non-hydrogen) atoms. The Morgan fingerprint density at radius 2 is 2.14 bits per heavy atom. The van der Waals surface area contributed by atoms with Crippen LogP contribution in [-0.4, -0.2) is 22.0 Å². The summed E-state index contributed by atoms with van der Waals surface area (Å²) in [6.07, 6.45) is 6.83. The van der Waals surface area contributed by atoms with E-state index >= 15 is 0 Å². The van der Waals surface area contributed by atoms with E-state index in [1.54, 1.807) is 24.4 Å². The first kappa shape index (κ1) is 15.9. The van der Waals surface area contributed by atoms with Gasteiger partial charge in [-0.2, -0.15) is 0 Å². The van der Waals surface area contributed by atoms with Crippen molar-refractivity contribution in [3.63, 3.8) is 0 Å². The van der Waals surface area contributed by atoms with E-state index in [9.17, 15) is 9.18 Å². The lowest BCUT2D eigenvalue weighted by atomic mass is 10.1. The highest BCUT2D eigenvalue weighted by atomic mass is 19.1. The number of rotatable bonds is 6. The number of aryl methyl sites for hydroxylation is 1. The molecule has 1 aromatic carbocycles. The molecule has 1 aromatic heterocycles. The van der Waals surface area contributed by atoms with Crippen molar-refractivity contribution in [2.45, 2.75) is 20.4 Å². The molecule has 0 aliphatic carbocycles. The Labute approximate surface area is 129 Å². The van der Waals surface area contributed by atoms with Crippen LogP contribution in [0.2, 0.25) is 0 Å². The average molecular weight is 301 g/mol. The summed E-state index contributed by atoms with van der Waals surface area (Å²) >= 11 is 0. The van der Waals surface area contributed by atoms with Crippen LogP contribution in [-0.2, 0) is 11.3 Å². The number of benzene rings is 1. The first-order valence-electron chi connectivity index (χ1n) is 7.24. The van der Waals surface area contributed by atoms with Crippen LogP contribution >= 0.6 is 0 Å². The Hall–Kier alpha value is -2.43. The molecule has 0 fully saturated rings. The number of nitrogens with one attached hydrogen (secondary N) is 1. The van der Waals surface area contributed by atoms with Gasteiger partial charge in [0.2, 0.25) is 5.91 Å². The van der Waals surface area contributed by atoms with Crippen molar-refractivity contribution in [3.05, 3.63) is 59.9 Å². The van der Waals surface area contributed by atoms with E-state index in [0.29, 0.717) is 12.5 Å². The number of nitrogens with zero attached hydrogens (tertiary/aromatic N) is 2. The van der Waals surface area contributed by atoms with Gasteiger partial charge in [-0.3, -0.25) is 4.79 Å². The van der Waals surface area contributed by atoms with Gasteiger partial charge in [0, 0.05) is 31.6 Å². The van der Waals surface area contributed by atoms with Gasteiger partial charge in [0.25, 0.3) is 0 Å². The maximum atomic E-state index is 12.8. The van der Waals surface area contributed by atoms with E-state index in [2.05, 4.69) is 21.8 Å². The smallest absolute Gasteiger partial charge is 0.244 e. The predicted octanol–water partition coefficient (Wildman–Crippen LogP) is 2.80. The molecule has 0 aliphatic heterocycles. The molecule has 1 atom stereocenters. The quantitative estimate of drug-likeness (QED) is 0.834. The van der Waals surface area contributed by atoms with Gasteiger partial charge < -0.3 is 9.88 Å². The summed E-state index contributed by atoms with van der Waals surface area (Å²) in [5.74, 6) is 0.828. The third-order valence-electron chi connectivity index (χ3n) is 3.35. The number of carbonyl (C=O) groups is 1. The number of amides is 1. The van der Waals surface area contributed by atoms with E-state index in [-0.39, 0.29) is 11.7 Å². The van der Waals surface area contributed by atoms with Crippen molar-refractivity contribution in [3.8, 4) is 0 Å². The van der Waals surface area contributed by atoms with Crippen LogP contribution in [0.4, 0.5) is 4.39 Å². The zero-order valence-electron chi connectivity index (χ0n) is 12.8. The lowest BCUT2D eigenvalue weighted by Crippen LogP contribution is -2.28. The molecule has 0 bridgehead atoms. The van der Waals surface area contributed by atoms with Crippen LogP contribution in [0, 0.1) is 18.7 Å². The molecule has 0 saturated carbocycles. The molecule has 2 aromatic rings. The highest BCUT2D eigenvalue weighted by Gasteiger charge is 2.06. The standard InChI is InChI=1S/C17H20FN3O/c1-13(12-21-10-9-19-14(21)2)11-20-17(22)8-5-15-3-6-16(18)7-4-15/h3-10,13H,11-12H2,1-2H3,(H,20,22). The highest BCUT2D eigenvalue weighted by molar-refractivity contribution is 5.91. The highest BCUT2D eigenvalue weighted by Crippen LogP contribution is 2.05. The van der Waals surface area contributed by atoms with Gasteiger partial charge in [0.1, 0.15) is 11.6 Å². The minimum absolute atomic E-state index is 0.154. The van der Waals surface area contributed by atoms with Crippen molar-refractivity contribution in [1.29, 1.82) is 0 Å². The average Bonchev–Trinajstić information content (AvgIpc) is 2.90. The third kappa shape index (κ3) is 4.84. The second-order valence-electron chi connectivity index (χ2n) is 5.36. The number of imidazole rings is 1. The van der Waals surface area contributed by atoms with Crippen molar-refractivity contribution in [1.82, 2.24) is 14.9 Å². The van der Waals surface area contributed by atoms with Gasteiger partial charge in [-0.25, -0.2) is 9.37 Å². The minimum atomic E-state index is -0.287. The molecule has 0 spiro atoms. The van der Waals surface area contributed by atoms with Crippen LogP contribution < -0.4 is 5.32 Å². The van der Waals surface area contributed by atoms with Gasteiger partial charge >= 0.3 is 0 Å². The fourth-order valence-corrected chi connectivity index (χ4v) is 2.08. The Balaban J connectivity index is 1.77. The molecule has 1 amide bonds. The van der Waals surface area contributed by atoms with Crippen LogP contribution in [0.15, 0.2) is 42.7 Å². The fourth-order valence-electron chi connectivity index (χ4n) is 2.08. The predicted molar refractivity (Wildman–Crippen MR) is 84.6 cm³/mol. The van der Waals surface area contributed by atoms with Crippen LogP contribution in [0.1, 0.15) is 18.3 Å². The fraction of sp³-hybridized carbons (Fsp3) is 0.294. The Kier molecular flexibility index (Phi) is 5.47. The minimum Gasteiger partial charge on any atom is -0.352 e. The molecule has 0 aliphatic rings. The van der Waals surface area contributed by atoms with Crippen molar-refractivity contribution in [2.75, 3.05) is 6.54 Å². The second kappa shape index (κ2) is 7.54. The lowest BCUT2D eigenvalue weighted by Gasteiger charge is -2.13. The topological polar surface area (TPSA) is 46.9 Å². The zero-order chi connectivity index (χ0) is 15.9. The lowest BCUT2D eigenvalue weighted by molar-refractivity contribution is -0.116. The first-order valence-corrected chi connectivity index (χ1v) is 7.24. The van der Waals surface area contributed by atoms with Gasteiger partial charge in [-0.1, -0.05) is 19.1 Å². The summed E-state index contributed by atoms with van der Waals surface area (Å²) in [5.41, 5.74) is 0.790. The first-order chi connectivity index (χ1) is 10.5. The molecule has 2 rings (SSSR count). The summed E-state index contributed by atoms with van der Waals surface area (Å²) in [7, 11) is 0. The van der Waals surface area contributed by atoms with Gasteiger partial charge in [0.05, 0.1) is 0 Å². The molecule has 5 heteroatoms. The molecule has 0 saturated heterocycles. The molecule has 0 radical (unpaired) electrons. The molecular formula is C17H20FN3O. The molecule has 1 heterocycles. The van der Waals surface area contributed by atoms with Gasteiger partial charge in [0.15, 0.2) is 0 Å². The Bertz CT molecular complexity index is 646.